The Morgan fingerprint density at radius 1 is 1.18 bits per heavy atom. The van der Waals surface area contributed by atoms with Gasteiger partial charge in [-0.25, -0.2) is 0 Å². The van der Waals surface area contributed by atoms with Crippen molar-refractivity contribution in [2.24, 2.45) is 4.99 Å². The number of rotatable bonds is 10. The van der Waals surface area contributed by atoms with Gasteiger partial charge < -0.3 is 20.1 Å². The largest absolute Gasteiger partial charge is 0.382 e. The first-order valence-corrected chi connectivity index (χ1v) is 10.5. The van der Waals surface area contributed by atoms with Crippen LogP contribution in [0.5, 0.6) is 0 Å². The van der Waals surface area contributed by atoms with E-state index in [0.717, 1.165) is 76.2 Å². The molecule has 0 spiro atoms. The van der Waals surface area contributed by atoms with E-state index in [-0.39, 0.29) is 29.4 Å². The van der Waals surface area contributed by atoms with Gasteiger partial charge in [0.05, 0.1) is 6.54 Å². The molecule has 0 aromatic heterocycles. The van der Waals surface area contributed by atoms with Gasteiger partial charge in [-0.2, -0.15) is 0 Å². The second-order valence-electron chi connectivity index (χ2n) is 6.90. The maximum absolute atomic E-state index is 6.54. The zero-order valence-electron chi connectivity index (χ0n) is 17.1. The highest BCUT2D eigenvalue weighted by Crippen LogP contribution is 2.38. The summed E-state index contributed by atoms with van der Waals surface area (Å²) in [6.07, 6.45) is 4.00. The Hall–Kier alpha value is -0.570. The minimum absolute atomic E-state index is 0. The summed E-state index contributed by atoms with van der Waals surface area (Å²) in [4.78, 5) is 4.91. The summed E-state index contributed by atoms with van der Waals surface area (Å²) in [6, 6.07) is 8.15. The Morgan fingerprint density at radius 2 is 1.93 bits per heavy atom. The fourth-order valence-electron chi connectivity index (χ4n) is 3.42. The molecule has 2 rings (SSSR count). The first kappa shape index (κ1) is 25.5. The fourth-order valence-corrected chi connectivity index (χ4v) is 3.75. The van der Waals surface area contributed by atoms with Crippen molar-refractivity contribution in [1.29, 1.82) is 0 Å². The first-order chi connectivity index (χ1) is 13.2. The molecule has 0 bridgehead atoms. The van der Waals surface area contributed by atoms with Gasteiger partial charge in [-0.15, -0.1) is 24.0 Å². The van der Waals surface area contributed by atoms with E-state index < -0.39 is 0 Å². The minimum Gasteiger partial charge on any atom is -0.382 e. The van der Waals surface area contributed by atoms with Crippen LogP contribution in [0.1, 0.15) is 45.1 Å². The molecule has 1 aliphatic heterocycles. The van der Waals surface area contributed by atoms with Gasteiger partial charge in [0.1, 0.15) is 0 Å². The standard InChI is InChI=1S/C21H34ClN3O2.HI/c1-3-23-20(24-13-7-8-14-26-4-2)25-17-21(11-15-27-16-12-21)18-9-5-6-10-19(18)22;/h5-6,9-10H,3-4,7-8,11-17H2,1-2H3,(H2,23,24,25);1H. The van der Waals surface area contributed by atoms with Gasteiger partial charge in [-0.3, -0.25) is 4.99 Å². The monoisotopic (exact) mass is 523 g/mol. The molecule has 1 heterocycles. The minimum atomic E-state index is -0.0616. The molecule has 7 heteroatoms. The van der Waals surface area contributed by atoms with Crippen molar-refractivity contribution < 1.29 is 9.47 Å². The summed E-state index contributed by atoms with van der Waals surface area (Å²) in [5.41, 5.74) is 1.12. The molecule has 0 aliphatic carbocycles. The molecule has 5 nitrogen and oxygen atoms in total. The molecule has 160 valence electrons. The molecule has 28 heavy (non-hydrogen) atoms. The molecule has 0 atom stereocenters. The number of halogens is 2. The van der Waals surface area contributed by atoms with E-state index in [1.54, 1.807) is 0 Å². The Bertz CT molecular complexity index is 581. The quantitative estimate of drug-likeness (QED) is 0.207. The second-order valence-corrected chi connectivity index (χ2v) is 7.31. The predicted molar refractivity (Wildman–Crippen MR) is 128 cm³/mol. The van der Waals surface area contributed by atoms with Gasteiger partial charge >= 0.3 is 0 Å². The van der Waals surface area contributed by atoms with E-state index in [9.17, 15) is 0 Å². The smallest absolute Gasteiger partial charge is 0.191 e. The first-order valence-electron chi connectivity index (χ1n) is 10.1. The van der Waals surface area contributed by atoms with Gasteiger partial charge in [0.25, 0.3) is 0 Å². The third-order valence-corrected chi connectivity index (χ3v) is 5.32. The second kappa shape index (κ2) is 14.4. The van der Waals surface area contributed by atoms with Crippen LogP contribution < -0.4 is 10.6 Å². The maximum Gasteiger partial charge on any atom is 0.191 e. The van der Waals surface area contributed by atoms with Crippen LogP contribution in [0.15, 0.2) is 29.3 Å². The van der Waals surface area contributed by atoms with E-state index >= 15 is 0 Å². The number of benzene rings is 1. The summed E-state index contributed by atoms with van der Waals surface area (Å²) in [5, 5.41) is 7.61. The van der Waals surface area contributed by atoms with Crippen LogP contribution in [0.2, 0.25) is 5.02 Å². The van der Waals surface area contributed by atoms with Crippen molar-refractivity contribution in [1.82, 2.24) is 10.6 Å². The lowest BCUT2D eigenvalue weighted by Crippen LogP contribution is -2.41. The van der Waals surface area contributed by atoms with Gasteiger partial charge in [0.2, 0.25) is 0 Å². The topological polar surface area (TPSA) is 54.9 Å². The van der Waals surface area contributed by atoms with Crippen molar-refractivity contribution in [3.8, 4) is 0 Å². The van der Waals surface area contributed by atoms with E-state index in [2.05, 4.69) is 29.7 Å². The number of ether oxygens (including phenoxy) is 2. The van der Waals surface area contributed by atoms with Crippen LogP contribution in [-0.2, 0) is 14.9 Å². The van der Waals surface area contributed by atoms with Crippen molar-refractivity contribution in [3.05, 3.63) is 34.9 Å². The van der Waals surface area contributed by atoms with Crippen LogP contribution in [0, 0.1) is 0 Å². The van der Waals surface area contributed by atoms with Gasteiger partial charge in [-0.1, -0.05) is 29.8 Å². The Morgan fingerprint density at radius 3 is 2.61 bits per heavy atom. The highest BCUT2D eigenvalue weighted by atomic mass is 127. The summed E-state index contributed by atoms with van der Waals surface area (Å²) >= 11 is 6.54. The fraction of sp³-hybridized carbons (Fsp3) is 0.667. The lowest BCUT2D eigenvalue weighted by atomic mass is 9.74. The molecule has 0 radical (unpaired) electrons. The molecule has 1 aromatic rings. The van der Waals surface area contributed by atoms with Crippen molar-refractivity contribution >= 4 is 41.5 Å². The maximum atomic E-state index is 6.54. The Kier molecular flexibility index (Phi) is 13.1. The average Bonchev–Trinajstić information content (AvgIpc) is 2.69. The molecule has 0 saturated carbocycles. The molecule has 0 amide bonds. The number of hydrogen-bond donors (Lipinski definition) is 2. The van der Waals surface area contributed by atoms with E-state index in [1.165, 1.54) is 5.56 Å². The molecule has 1 saturated heterocycles. The zero-order valence-corrected chi connectivity index (χ0v) is 20.2. The lowest BCUT2D eigenvalue weighted by Gasteiger charge is -2.37. The van der Waals surface area contributed by atoms with Gasteiger partial charge in [-0.05, 0) is 51.2 Å². The number of aliphatic imine (C=N–C) groups is 1. The summed E-state index contributed by atoms with van der Waals surface area (Å²) in [7, 11) is 0. The highest BCUT2D eigenvalue weighted by Gasteiger charge is 2.36. The van der Waals surface area contributed by atoms with Crippen molar-refractivity contribution in [2.75, 3.05) is 46.1 Å². The molecule has 1 aromatic carbocycles. The van der Waals surface area contributed by atoms with E-state index in [4.69, 9.17) is 26.1 Å². The van der Waals surface area contributed by atoms with Crippen LogP contribution in [0.4, 0.5) is 0 Å². The highest BCUT2D eigenvalue weighted by molar-refractivity contribution is 14.0. The number of nitrogens with zero attached hydrogens (tertiary/aromatic N) is 1. The summed E-state index contributed by atoms with van der Waals surface area (Å²) in [6.45, 7) is 9.66. The number of unbranched alkanes of at least 4 members (excludes halogenated alkanes) is 1. The van der Waals surface area contributed by atoms with Gasteiger partial charge in [0.15, 0.2) is 5.96 Å². The zero-order chi connectivity index (χ0) is 19.4. The van der Waals surface area contributed by atoms with Gasteiger partial charge in [0, 0.05) is 50.0 Å². The van der Waals surface area contributed by atoms with E-state index in [0.29, 0.717) is 6.54 Å². The summed E-state index contributed by atoms with van der Waals surface area (Å²) in [5.74, 6) is 0.867. The number of hydrogen-bond acceptors (Lipinski definition) is 3. The average molecular weight is 524 g/mol. The molecular weight excluding hydrogens is 489 g/mol. The van der Waals surface area contributed by atoms with E-state index in [1.807, 2.05) is 19.1 Å². The lowest BCUT2D eigenvalue weighted by molar-refractivity contribution is 0.0531. The van der Waals surface area contributed by atoms with Crippen LogP contribution in [0.25, 0.3) is 0 Å². The molecule has 2 N–H and O–H groups in total. The summed E-state index contributed by atoms with van der Waals surface area (Å²) < 4.78 is 11.0. The number of guanidine groups is 1. The molecule has 1 fully saturated rings. The third kappa shape index (κ3) is 8.05. The number of nitrogens with one attached hydrogen (secondary N) is 2. The normalized spacial score (nSPS) is 16.3. The van der Waals surface area contributed by atoms with Crippen molar-refractivity contribution in [2.45, 2.75) is 44.9 Å². The molecule has 0 unspecified atom stereocenters. The molecule has 1 aliphatic rings. The third-order valence-electron chi connectivity index (χ3n) is 4.99. The Labute approximate surface area is 192 Å². The SMILES string of the molecule is CCNC(=NCC1(c2ccccc2Cl)CCOCC1)NCCCCOCC.I. The van der Waals surface area contributed by atoms with Crippen LogP contribution in [0.3, 0.4) is 0 Å². The van der Waals surface area contributed by atoms with Crippen LogP contribution >= 0.6 is 35.6 Å². The Balaban J connectivity index is 0.00000392. The van der Waals surface area contributed by atoms with Crippen molar-refractivity contribution in [3.63, 3.8) is 0 Å². The van der Waals surface area contributed by atoms with Crippen LogP contribution in [-0.4, -0.2) is 52.0 Å². The molecular formula is C21H35ClIN3O2. The predicted octanol–water partition coefficient (Wildman–Crippen LogP) is 4.38.